The van der Waals surface area contributed by atoms with Crippen LogP contribution in [0, 0.1) is 0 Å². The van der Waals surface area contributed by atoms with E-state index in [1.165, 1.54) is 0 Å². The SMILES string of the molecule is O=C(O)CC(=O)Nc1cc(C(F)(F)F)ccc1Cl. The van der Waals surface area contributed by atoms with Gasteiger partial charge in [-0.15, -0.1) is 0 Å². The molecule has 1 amide bonds. The van der Waals surface area contributed by atoms with Gasteiger partial charge < -0.3 is 10.4 Å². The third kappa shape index (κ3) is 3.92. The average molecular weight is 282 g/mol. The second kappa shape index (κ2) is 5.26. The number of hydrogen-bond donors (Lipinski definition) is 2. The van der Waals surface area contributed by atoms with Crippen LogP contribution in [0.3, 0.4) is 0 Å². The van der Waals surface area contributed by atoms with Crippen LogP contribution in [-0.4, -0.2) is 17.0 Å². The number of carbonyl (C=O) groups excluding carboxylic acids is 1. The number of amides is 1. The van der Waals surface area contributed by atoms with Crippen molar-refractivity contribution in [3.63, 3.8) is 0 Å². The van der Waals surface area contributed by atoms with Gasteiger partial charge in [-0.3, -0.25) is 9.59 Å². The molecule has 0 fully saturated rings. The van der Waals surface area contributed by atoms with Crippen molar-refractivity contribution in [1.82, 2.24) is 0 Å². The maximum atomic E-state index is 12.4. The lowest BCUT2D eigenvalue weighted by atomic mass is 10.2. The standard InChI is InChI=1S/C10H7ClF3NO3/c11-6-2-1-5(10(12,13)14)3-7(6)15-8(16)4-9(17)18/h1-3H,4H2,(H,15,16)(H,17,18). The minimum Gasteiger partial charge on any atom is -0.481 e. The van der Waals surface area contributed by atoms with Crippen molar-refractivity contribution in [2.45, 2.75) is 12.6 Å². The maximum absolute atomic E-state index is 12.4. The van der Waals surface area contributed by atoms with Crippen molar-refractivity contribution in [1.29, 1.82) is 0 Å². The molecule has 0 aliphatic carbocycles. The maximum Gasteiger partial charge on any atom is 0.416 e. The van der Waals surface area contributed by atoms with Crippen molar-refractivity contribution in [3.8, 4) is 0 Å². The molecular weight excluding hydrogens is 275 g/mol. The normalized spacial score (nSPS) is 11.1. The molecule has 1 rings (SSSR count). The van der Waals surface area contributed by atoms with Gasteiger partial charge in [-0.25, -0.2) is 0 Å². The van der Waals surface area contributed by atoms with Crippen LogP contribution in [0.5, 0.6) is 0 Å². The lowest BCUT2D eigenvalue weighted by Gasteiger charge is -2.11. The average Bonchev–Trinajstić information content (AvgIpc) is 2.18. The van der Waals surface area contributed by atoms with E-state index in [1.54, 1.807) is 0 Å². The van der Waals surface area contributed by atoms with Crippen LogP contribution in [0.2, 0.25) is 5.02 Å². The zero-order chi connectivity index (χ0) is 13.9. The van der Waals surface area contributed by atoms with Crippen LogP contribution in [-0.2, 0) is 15.8 Å². The van der Waals surface area contributed by atoms with E-state index in [2.05, 4.69) is 0 Å². The van der Waals surface area contributed by atoms with Gasteiger partial charge in [-0.1, -0.05) is 11.6 Å². The van der Waals surface area contributed by atoms with E-state index >= 15 is 0 Å². The van der Waals surface area contributed by atoms with Gasteiger partial charge in [-0.05, 0) is 18.2 Å². The molecule has 0 radical (unpaired) electrons. The molecule has 0 saturated heterocycles. The zero-order valence-electron chi connectivity index (χ0n) is 8.71. The molecule has 0 atom stereocenters. The molecule has 4 nitrogen and oxygen atoms in total. The van der Waals surface area contributed by atoms with Crippen molar-refractivity contribution in [2.75, 3.05) is 5.32 Å². The molecule has 0 saturated carbocycles. The fraction of sp³-hybridized carbons (Fsp3) is 0.200. The number of benzene rings is 1. The summed E-state index contributed by atoms with van der Waals surface area (Å²) < 4.78 is 37.2. The van der Waals surface area contributed by atoms with Crippen LogP contribution in [0.1, 0.15) is 12.0 Å². The second-order valence-electron chi connectivity index (χ2n) is 3.31. The zero-order valence-corrected chi connectivity index (χ0v) is 9.47. The fourth-order valence-corrected chi connectivity index (χ4v) is 1.29. The largest absolute Gasteiger partial charge is 0.481 e. The number of aliphatic carboxylic acids is 1. The highest BCUT2D eigenvalue weighted by atomic mass is 35.5. The molecule has 0 aliphatic rings. The Labute approximate surface area is 104 Å². The van der Waals surface area contributed by atoms with Crippen molar-refractivity contribution in [3.05, 3.63) is 28.8 Å². The van der Waals surface area contributed by atoms with Crippen LogP contribution in [0.15, 0.2) is 18.2 Å². The summed E-state index contributed by atoms with van der Waals surface area (Å²) in [6.07, 6.45) is -5.43. The van der Waals surface area contributed by atoms with E-state index in [4.69, 9.17) is 16.7 Å². The highest BCUT2D eigenvalue weighted by Gasteiger charge is 2.31. The van der Waals surface area contributed by atoms with Gasteiger partial charge in [-0.2, -0.15) is 13.2 Å². The lowest BCUT2D eigenvalue weighted by Crippen LogP contribution is -2.16. The summed E-state index contributed by atoms with van der Waals surface area (Å²) in [6.45, 7) is 0. The summed E-state index contributed by atoms with van der Waals surface area (Å²) in [5.41, 5.74) is -1.27. The minimum absolute atomic E-state index is 0.110. The van der Waals surface area contributed by atoms with E-state index in [0.29, 0.717) is 6.07 Å². The van der Waals surface area contributed by atoms with E-state index < -0.39 is 30.0 Å². The van der Waals surface area contributed by atoms with Crippen LogP contribution >= 0.6 is 11.6 Å². The number of nitrogens with one attached hydrogen (secondary N) is 1. The molecule has 0 aromatic heterocycles. The predicted molar refractivity (Wildman–Crippen MR) is 57.3 cm³/mol. The summed E-state index contributed by atoms with van der Waals surface area (Å²) in [5.74, 6) is -2.35. The number of carboxylic acid groups (broad SMARTS) is 1. The highest BCUT2D eigenvalue weighted by Crippen LogP contribution is 2.33. The van der Waals surface area contributed by atoms with E-state index in [1.807, 2.05) is 5.32 Å². The Hall–Kier alpha value is -1.76. The summed E-state index contributed by atoms with van der Waals surface area (Å²) in [6, 6.07) is 2.37. The quantitative estimate of drug-likeness (QED) is 0.837. The Morgan fingerprint density at radius 2 is 1.94 bits per heavy atom. The first-order chi connectivity index (χ1) is 8.20. The first-order valence-electron chi connectivity index (χ1n) is 4.58. The van der Waals surface area contributed by atoms with Gasteiger partial charge in [0.25, 0.3) is 0 Å². The first-order valence-corrected chi connectivity index (χ1v) is 4.96. The van der Waals surface area contributed by atoms with Gasteiger partial charge in [0.15, 0.2) is 0 Å². The minimum atomic E-state index is -4.57. The number of halogens is 4. The third-order valence-electron chi connectivity index (χ3n) is 1.88. The molecule has 0 spiro atoms. The van der Waals surface area contributed by atoms with Crippen molar-refractivity contribution in [2.24, 2.45) is 0 Å². The molecule has 0 bridgehead atoms. The summed E-state index contributed by atoms with van der Waals surface area (Å²) in [5, 5.41) is 10.2. The monoisotopic (exact) mass is 281 g/mol. The second-order valence-corrected chi connectivity index (χ2v) is 3.72. The lowest BCUT2D eigenvalue weighted by molar-refractivity contribution is -0.140. The molecule has 1 aromatic rings. The van der Waals surface area contributed by atoms with E-state index in [-0.39, 0.29) is 10.7 Å². The number of hydrogen-bond acceptors (Lipinski definition) is 2. The van der Waals surface area contributed by atoms with E-state index in [0.717, 1.165) is 12.1 Å². The molecule has 0 unspecified atom stereocenters. The molecule has 0 heterocycles. The van der Waals surface area contributed by atoms with Crippen LogP contribution in [0.4, 0.5) is 18.9 Å². The van der Waals surface area contributed by atoms with Crippen LogP contribution < -0.4 is 5.32 Å². The Balaban J connectivity index is 2.95. The Morgan fingerprint density at radius 3 is 2.44 bits per heavy atom. The number of anilines is 1. The van der Waals surface area contributed by atoms with Crippen molar-refractivity contribution < 1.29 is 27.9 Å². The molecule has 18 heavy (non-hydrogen) atoms. The number of rotatable bonds is 3. The topological polar surface area (TPSA) is 66.4 Å². The first kappa shape index (κ1) is 14.3. The Morgan fingerprint density at radius 1 is 1.33 bits per heavy atom. The third-order valence-corrected chi connectivity index (χ3v) is 2.21. The van der Waals surface area contributed by atoms with Gasteiger partial charge in [0.2, 0.25) is 5.91 Å². The summed E-state index contributed by atoms with van der Waals surface area (Å²) in [4.78, 5) is 21.3. The fourth-order valence-electron chi connectivity index (χ4n) is 1.13. The molecule has 2 N–H and O–H groups in total. The predicted octanol–water partition coefficient (Wildman–Crippen LogP) is 2.77. The van der Waals surface area contributed by atoms with E-state index in [9.17, 15) is 22.8 Å². The Bertz CT molecular complexity index is 488. The van der Waals surface area contributed by atoms with Gasteiger partial charge in [0.05, 0.1) is 16.3 Å². The van der Waals surface area contributed by atoms with Gasteiger partial charge >= 0.3 is 12.1 Å². The highest BCUT2D eigenvalue weighted by molar-refractivity contribution is 6.33. The van der Waals surface area contributed by atoms with Gasteiger partial charge in [0, 0.05) is 0 Å². The molecule has 1 aromatic carbocycles. The van der Waals surface area contributed by atoms with Crippen molar-refractivity contribution >= 4 is 29.2 Å². The summed E-state index contributed by atoms with van der Waals surface area (Å²) in [7, 11) is 0. The number of carboxylic acids is 1. The molecule has 8 heteroatoms. The molecule has 0 aliphatic heterocycles. The molecular formula is C10H7ClF3NO3. The Kier molecular flexibility index (Phi) is 4.18. The van der Waals surface area contributed by atoms with Crippen LogP contribution in [0.25, 0.3) is 0 Å². The van der Waals surface area contributed by atoms with Gasteiger partial charge in [0.1, 0.15) is 6.42 Å². The number of carbonyl (C=O) groups is 2. The smallest absolute Gasteiger partial charge is 0.416 e. The molecule has 98 valence electrons. The summed E-state index contributed by atoms with van der Waals surface area (Å²) >= 11 is 5.60. The number of alkyl halides is 3.